The first-order valence-corrected chi connectivity index (χ1v) is 7.46. The number of ether oxygens (including phenoxy) is 1. The second-order valence-electron chi connectivity index (χ2n) is 5.66. The van der Waals surface area contributed by atoms with Crippen molar-refractivity contribution in [1.82, 2.24) is 4.90 Å². The molecular weight excluding hydrogens is 320 g/mol. The summed E-state index contributed by atoms with van der Waals surface area (Å²) in [4.78, 5) is 24.4. The van der Waals surface area contributed by atoms with Gasteiger partial charge in [-0.25, -0.2) is 4.79 Å². The highest BCUT2D eigenvalue weighted by Gasteiger charge is 2.29. The summed E-state index contributed by atoms with van der Waals surface area (Å²) < 4.78 is 5.42. The predicted molar refractivity (Wildman–Crippen MR) is 90.7 cm³/mol. The van der Waals surface area contributed by atoms with Crippen LogP contribution in [0, 0.1) is 5.92 Å². The summed E-state index contributed by atoms with van der Waals surface area (Å²) in [6.07, 6.45) is 0.154. The average molecular weight is 343 g/mol. The van der Waals surface area contributed by atoms with Gasteiger partial charge in [0.2, 0.25) is 0 Å². The molecule has 2 N–H and O–H groups in total. The van der Waals surface area contributed by atoms with Crippen LogP contribution in [0.4, 0.5) is 10.5 Å². The molecule has 1 aliphatic heterocycles. The van der Waals surface area contributed by atoms with Gasteiger partial charge in [0.15, 0.2) is 5.75 Å². The Labute approximate surface area is 142 Å². The number of fused-ring (bicyclic) bond motifs is 1. The number of nitrogens with zero attached hydrogens (tertiary/aromatic N) is 1. The van der Waals surface area contributed by atoms with Gasteiger partial charge >= 0.3 is 12.1 Å². The molecule has 2 unspecified atom stereocenters. The van der Waals surface area contributed by atoms with Crippen LogP contribution in [0.5, 0.6) is 5.75 Å². The molecular formula is C16H23ClN2O4. The van der Waals surface area contributed by atoms with Gasteiger partial charge < -0.3 is 20.1 Å². The van der Waals surface area contributed by atoms with Crippen LogP contribution < -0.4 is 10.1 Å². The molecule has 1 aliphatic rings. The summed E-state index contributed by atoms with van der Waals surface area (Å²) in [5.41, 5.74) is 1.81. The quantitative estimate of drug-likeness (QED) is 0.859. The number of carbonyl (C=O) groups excluding carboxylic acids is 1. The van der Waals surface area contributed by atoms with E-state index in [1.165, 1.54) is 4.90 Å². The Morgan fingerprint density at radius 2 is 2.17 bits per heavy atom. The van der Waals surface area contributed by atoms with Crippen LogP contribution in [0.3, 0.4) is 0 Å². The molecule has 23 heavy (non-hydrogen) atoms. The average Bonchev–Trinajstić information content (AvgIpc) is 2.90. The third-order valence-electron chi connectivity index (χ3n) is 4.07. The molecule has 0 aliphatic carbocycles. The minimum atomic E-state index is -0.791. The predicted octanol–water partition coefficient (Wildman–Crippen LogP) is 3.18. The monoisotopic (exact) mass is 342 g/mol. The molecule has 1 aromatic rings. The maximum absolute atomic E-state index is 11.9. The summed E-state index contributed by atoms with van der Waals surface area (Å²) in [6.45, 7) is 4.81. The molecule has 0 saturated heterocycles. The molecule has 128 valence electrons. The molecule has 0 saturated carbocycles. The lowest BCUT2D eigenvalue weighted by Gasteiger charge is -2.16. The van der Waals surface area contributed by atoms with Crippen LogP contribution in [-0.4, -0.2) is 42.2 Å². The van der Waals surface area contributed by atoms with Crippen LogP contribution in [0.1, 0.15) is 31.7 Å². The van der Waals surface area contributed by atoms with Crippen molar-refractivity contribution in [2.24, 2.45) is 5.92 Å². The first-order valence-electron chi connectivity index (χ1n) is 7.46. The van der Waals surface area contributed by atoms with Crippen molar-refractivity contribution in [2.75, 3.05) is 25.5 Å². The molecule has 0 aromatic heterocycles. The van der Waals surface area contributed by atoms with Crippen molar-refractivity contribution in [3.8, 4) is 5.75 Å². The SMILES string of the molecule is CCN(C)C(=O)Oc1cccc2c1NCC2CC(C)C(=O)O.Cl. The van der Waals surface area contributed by atoms with Crippen LogP contribution in [-0.2, 0) is 4.79 Å². The molecule has 1 amide bonds. The number of hydrogen-bond acceptors (Lipinski definition) is 4. The van der Waals surface area contributed by atoms with Gasteiger partial charge in [0.1, 0.15) is 0 Å². The van der Waals surface area contributed by atoms with Crippen LogP contribution >= 0.6 is 12.4 Å². The van der Waals surface area contributed by atoms with Crippen LogP contribution in [0.25, 0.3) is 0 Å². The number of amides is 1. The van der Waals surface area contributed by atoms with Gasteiger partial charge in [0.25, 0.3) is 0 Å². The number of aliphatic carboxylic acids is 1. The second kappa shape index (κ2) is 8.06. The molecule has 0 radical (unpaired) electrons. The summed E-state index contributed by atoms with van der Waals surface area (Å²) in [5.74, 6) is -0.590. The van der Waals surface area contributed by atoms with Gasteiger partial charge in [-0.05, 0) is 25.0 Å². The Bertz CT molecular complexity index is 579. The standard InChI is InChI=1S/C16H22N2O4.ClH/c1-4-18(3)16(21)22-13-7-5-6-12-11(9-17-14(12)13)8-10(2)15(19)20;/h5-7,10-11,17H,4,8-9H2,1-3H3,(H,19,20);1H. The van der Waals surface area contributed by atoms with E-state index >= 15 is 0 Å². The number of hydrogen-bond donors (Lipinski definition) is 2. The zero-order valence-corrected chi connectivity index (χ0v) is 14.4. The number of para-hydroxylation sites is 1. The Hall–Kier alpha value is -1.95. The lowest BCUT2D eigenvalue weighted by Crippen LogP contribution is -2.29. The van der Waals surface area contributed by atoms with E-state index in [1.807, 2.05) is 19.1 Å². The van der Waals surface area contributed by atoms with Crippen molar-refractivity contribution in [2.45, 2.75) is 26.2 Å². The number of rotatable bonds is 5. The smallest absolute Gasteiger partial charge is 0.415 e. The van der Waals surface area contributed by atoms with Crippen molar-refractivity contribution >= 4 is 30.2 Å². The van der Waals surface area contributed by atoms with E-state index in [4.69, 9.17) is 9.84 Å². The van der Waals surface area contributed by atoms with E-state index < -0.39 is 18.0 Å². The largest absolute Gasteiger partial charge is 0.481 e. The van der Waals surface area contributed by atoms with E-state index in [2.05, 4.69) is 5.32 Å². The fourth-order valence-corrected chi connectivity index (χ4v) is 2.54. The normalized spacial score (nSPS) is 16.6. The highest BCUT2D eigenvalue weighted by atomic mass is 35.5. The molecule has 2 atom stereocenters. The third kappa shape index (κ3) is 4.28. The third-order valence-corrected chi connectivity index (χ3v) is 4.07. The molecule has 7 heteroatoms. The number of carboxylic acids is 1. The number of carboxylic acid groups (broad SMARTS) is 1. The van der Waals surface area contributed by atoms with E-state index in [9.17, 15) is 9.59 Å². The van der Waals surface area contributed by atoms with Gasteiger partial charge in [-0.15, -0.1) is 12.4 Å². The van der Waals surface area contributed by atoms with E-state index in [-0.39, 0.29) is 18.3 Å². The van der Waals surface area contributed by atoms with Crippen LogP contribution in [0.15, 0.2) is 18.2 Å². The minimum Gasteiger partial charge on any atom is -0.481 e. The number of halogens is 1. The summed E-state index contributed by atoms with van der Waals surface area (Å²) in [7, 11) is 1.68. The molecule has 0 bridgehead atoms. The fourth-order valence-electron chi connectivity index (χ4n) is 2.54. The lowest BCUT2D eigenvalue weighted by atomic mass is 9.91. The topological polar surface area (TPSA) is 78.9 Å². The van der Waals surface area contributed by atoms with E-state index in [0.29, 0.717) is 25.3 Å². The van der Waals surface area contributed by atoms with Gasteiger partial charge in [-0.2, -0.15) is 0 Å². The van der Waals surface area contributed by atoms with Crippen LogP contribution in [0.2, 0.25) is 0 Å². The number of nitrogens with one attached hydrogen (secondary N) is 1. The molecule has 6 nitrogen and oxygen atoms in total. The Kier molecular flexibility index (Phi) is 6.69. The lowest BCUT2D eigenvalue weighted by molar-refractivity contribution is -0.141. The summed E-state index contributed by atoms with van der Waals surface area (Å²) in [6, 6.07) is 5.53. The van der Waals surface area contributed by atoms with Crippen molar-refractivity contribution in [3.63, 3.8) is 0 Å². The van der Waals surface area contributed by atoms with E-state index in [1.54, 1.807) is 20.0 Å². The Balaban J connectivity index is 0.00000264. The second-order valence-corrected chi connectivity index (χ2v) is 5.66. The first-order chi connectivity index (χ1) is 10.4. The first kappa shape index (κ1) is 19.1. The zero-order chi connectivity index (χ0) is 16.3. The van der Waals surface area contributed by atoms with Gasteiger partial charge in [0, 0.05) is 26.1 Å². The van der Waals surface area contributed by atoms with Gasteiger partial charge in [0.05, 0.1) is 11.6 Å². The van der Waals surface area contributed by atoms with Crippen molar-refractivity contribution < 1.29 is 19.4 Å². The molecule has 2 rings (SSSR count). The molecule has 1 aromatic carbocycles. The minimum absolute atomic E-state index is 0. The van der Waals surface area contributed by atoms with Crippen molar-refractivity contribution in [3.05, 3.63) is 23.8 Å². The summed E-state index contributed by atoms with van der Waals surface area (Å²) >= 11 is 0. The number of benzene rings is 1. The number of anilines is 1. The zero-order valence-electron chi connectivity index (χ0n) is 13.5. The maximum atomic E-state index is 11.9. The Morgan fingerprint density at radius 3 is 2.78 bits per heavy atom. The molecule has 0 fully saturated rings. The highest BCUT2D eigenvalue weighted by molar-refractivity contribution is 5.85. The van der Waals surface area contributed by atoms with E-state index in [0.717, 1.165) is 11.3 Å². The molecule has 0 spiro atoms. The molecule has 1 heterocycles. The Morgan fingerprint density at radius 1 is 1.48 bits per heavy atom. The number of carbonyl (C=O) groups is 2. The highest BCUT2D eigenvalue weighted by Crippen LogP contribution is 2.41. The summed E-state index contributed by atoms with van der Waals surface area (Å²) in [5, 5.41) is 12.3. The van der Waals surface area contributed by atoms with Crippen molar-refractivity contribution in [1.29, 1.82) is 0 Å². The fraction of sp³-hybridized carbons (Fsp3) is 0.500. The maximum Gasteiger partial charge on any atom is 0.415 e. The van der Waals surface area contributed by atoms with Gasteiger partial charge in [-0.3, -0.25) is 4.79 Å². The van der Waals surface area contributed by atoms with Gasteiger partial charge in [-0.1, -0.05) is 19.1 Å².